The molecule has 0 spiro atoms. The minimum Gasteiger partial charge on any atom is -0.494 e. The van der Waals surface area contributed by atoms with Crippen LogP contribution in [0, 0.1) is 5.92 Å². The SMILES string of the molecule is CC(C)CCOc1ccc(C(C)NCc2ccc(C(C)(C)C)cc2)cc1. The van der Waals surface area contributed by atoms with E-state index in [1.54, 1.807) is 0 Å². The zero-order chi connectivity index (χ0) is 19.2. The van der Waals surface area contributed by atoms with Gasteiger partial charge >= 0.3 is 0 Å². The third kappa shape index (κ3) is 6.49. The predicted octanol–water partition coefficient (Wildman–Crippen LogP) is 6.26. The lowest BCUT2D eigenvalue weighted by Crippen LogP contribution is -2.18. The van der Waals surface area contributed by atoms with Crippen LogP contribution in [0.1, 0.15) is 70.7 Å². The fourth-order valence-electron chi connectivity index (χ4n) is 2.78. The molecule has 0 bridgehead atoms. The van der Waals surface area contributed by atoms with Crippen LogP contribution in [-0.4, -0.2) is 6.61 Å². The molecule has 1 N–H and O–H groups in total. The molecule has 26 heavy (non-hydrogen) atoms. The van der Waals surface area contributed by atoms with Gasteiger partial charge in [0.25, 0.3) is 0 Å². The van der Waals surface area contributed by atoms with Gasteiger partial charge in [-0.2, -0.15) is 0 Å². The molecule has 2 nitrogen and oxygen atoms in total. The highest BCUT2D eigenvalue weighted by atomic mass is 16.5. The Morgan fingerprint density at radius 2 is 1.50 bits per heavy atom. The lowest BCUT2D eigenvalue weighted by molar-refractivity contribution is 0.289. The van der Waals surface area contributed by atoms with Gasteiger partial charge in [-0.15, -0.1) is 0 Å². The zero-order valence-electron chi connectivity index (χ0n) is 17.3. The van der Waals surface area contributed by atoms with E-state index >= 15 is 0 Å². The zero-order valence-corrected chi connectivity index (χ0v) is 17.3. The van der Waals surface area contributed by atoms with Gasteiger partial charge in [0.05, 0.1) is 6.61 Å². The molecule has 0 aromatic heterocycles. The molecule has 1 unspecified atom stereocenters. The van der Waals surface area contributed by atoms with Crippen LogP contribution in [0.25, 0.3) is 0 Å². The maximum Gasteiger partial charge on any atom is 0.119 e. The Hall–Kier alpha value is -1.80. The molecular formula is C24H35NO. The number of hydrogen-bond acceptors (Lipinski definition) is 2. The maximum atomic E-state index is 5.80. The van der Waals surface area contributed by atoms with Gasteiger partial charge in [-0.05, 0) is 53.5 Å². The molecule has 0 heterocycles. The second-order valence-corrected chi connectivity index (χ2v) is 8.65. The summed E-state index contributed by atoms with van der Waals surface area (Å²) in [4.78, 5) is 0. The third-order valence-electron chi connectivity index (χ3n) is 4.78. The van der Waals surface area contributed by atoms with E-state index in [4.69, 9.17) is 4.74 Å². The van der Waals surface area contributed by atoms with Crippen LogP contribution < -0.4 is 10.1 Å². The summed E-state index contributed by atoms with van der Waals surface area (Å²) in [5, 5.41) is 3.61. The van der Waals surface area contributed by atoms with Crippen molar-refractivity contribution in [1.29, 1.82) is 0 Å². The Morgan fingerprint density at radius 1 is 0.885 bits per heavy atom. The number of nitrogens with one attached hydrogen (secondary N) is 1. The number of rotatable bonds is 8. The second kappa shape index (κ2) is 9.23. The second-order valence-electron chi connectivity index (χ2n) is 8.65. The molecule has 1 atom stereocenters. The summed E-state index contributed by atoms with van der Waals surface area (Å²) in [6, 6.07) is 17.7. The van der Waals surface area contributed by atoms with Crippen LogP contribution in [0.4, 0.5) is 0 Å². The smallest absolute Gasteiger partial charge is 0.119 e. The third-order valence-corrected chi connectivity index (χ3v) is 4.78. The van der Waals surface area contributed by atoms with Gasteiger partial charge in [-0.25, -0.2) is 0 Å². The van der Waals surface area contributed by atoms with E-state index in [2.05, 4.69) is 95.4 Å². The number of hydrogen-bond donors (Lipinski definition) is 1. The predicted molar refractivity (Wildman–Crippen MR) is 112 cm³/mol. The van der Waals surface area contributed by atoms with Crippen molar-refractivity contribution in [3.8, 4) is 5.75 Å². The molecule has 0 amide bonds. The fraction of sp³-hybridized carbons (Fsp3) is 0.500. The molecule has 0 aliphatic rings. The van der Waals surface area contributed by atoms with E-state index in [0.717, 1.165) is 25.3 Å². The maximum absolute atomic E-state index is 5.80. The summed E-state index contributed by atoms with van der Waals surface area (Å²) in [6.07, 6.45) is 1.09. The minimum absolute atomic E-state index is 0.207. The van der Waals surface area contributed by atoms with Crippen molar-refractivity contribution in [2.45, 2.75) is 66.0 Å². The molecular weight excluding hydrogens is 318 g/mol. The van der Waals surface area contributed by atoms with Gasteiger partial charge in [-0.1, -0.05) is 71.0 Å². The fourth-order valence-corrected chi connectivity index (χ4v) is 2.78. The van der Waals surface area contributed by atoms with E-state index in [0.29, 0.717) is 12.0 Å². The molecule has 0 fully saturated rings. The molecule has 0 aliphatic heterocycles. The Morgan fingerprint density at radius 3 is 2.04 bits per heavy atom. The van der Waals surface area contributed by atoms with Crippen molar-refractivity contribution < 1.29 is 4.74 Å². The van der Waals surface area contributed by atoms with Crippen molar-refractivity contribution in [3.05, 3.63) is 65.2 Å². The molecule has 0 saturated carbocycles. The lowest BCUT2D eigenvalue weighted by atomic mass is 9.87. The lowest BCUT2D eigenvalue weighted by Gasteiger charge is -2.20. The minimum atomic E-state index is 0.207. The Kier molecular flexibility index (Phi) is 7.28. The van der Waals surface area contributed by atoms with Crippen molar-refractivity contribution in [3.63, 3.8) is 0 Å². The highest BCUT2D eigenvalue weighted by Crippen LogP contribution is 2.23. The summed E-state index contributed by atoms with van der Waals surface area (Å²) in [5.41, 5.74) is 4.19. The molecule has 2 aromatic carbocycles. The molecule has 0 saturated heterocycles. The van der Waals surface area contributed by atoms with Crippen LogP contribution in [0.15, 0.2) is 48.5 Å². The Bertz CT molecular complexity index is 650. The molecule has 2 rings (SSSR count). The van der Waals surface area contributed by atoms with E-state index in [1.807, 2.05) is 0 Å². The summed E-state index contributed by atoms with van der Waals surface area (Å²) >= 11 is 0. The summed E-state index contributed by atoms with van der Waals surface area (Å²) in [7, 11) is 0. The molecule has 0 radical (unpaired) electrons. The molecule has 2 aromatic rings. The van der Waals surface area contributed by atoms with Crippen molar-refractivity contribution >= 4 is 0 Å². The first-order valence-electron chi connectivity index (χ1n) is 9.81. The summed E-state index contributed by atoms with van der Waals surface area (Å²) in [6.45, 7) is 15.0. The first-order valence-corrected chi connectivity index (χ1v) is 9.81. The van der Waals surface area contributed by atoms with Crippen LogP contribution in [0.3, 0.4) is 0 Å². The van der Waals surface area contributed by atoms with Gasteiger partial charge in [0.1, 0.15) is 5.75 Å². The highest BCUT2D eigenvalue weighted by Gasteiger charge is 2.13. The standard InChI is InChI=1S/C24H35NO/c1-18(2)15-16-26-23-13-9-21(10-14-23)19(3)25-17-20-7-11-22(12-8-20)24(4,5)6/h7-14,18-19,25H,15-17H2,1-6H3. The van der Waals surface area contributed by atoms with Crippen molar-refractivity contribution in [1.82, 2.24) is 5.32 Å². The average Bonchev–Trinajstić information content (AvgIpc) is 2.59. The van der Waals surface area contributed by atoms with E-state index in [-0.39, 0.29) is 5.41 Å². The van der Waals surface area contributed by atoms with Crippen LogP contribution in [-0.2, 0) is 12.0 Å². The van der Waals surface area contributed by atoms with Gasteiger partial charge in [-0.3, -0.25) is 0 Å². The highest BCUT2D eigenvalue weighted by molar-refractivity contribution is 5.30. The van der Waals surface area contributed by atoms with Gasteiger partial charge in [0.15, 0.2) is 0 Å². The van der Waals surface area contributed by atoms with Crippen molar-refractivity contribution in [2.24, 2.45) is 5.92 Å². The molecule has 0 aliphatic carbocycles. The van der Waals surface area contributed by atoms with E-state index in [1.165, 1.54) is 16.7 Å². The molecule has 2 heteroatoms. The average molecular weight is 354 g/mol. The normalized spacial score (nSPS) is 13.0. The Balaban J connectivity index is 1.84. The topological polar surface area (TPSA) is 21.3 Å². The summed E-state index contributed by atoms with van der Waals surface area (Å²) in [5.74, 6) is 1.63. The number of ether oxygens (including phenoxy) is 1. The molecule has 142 valence electrons. The van der Waals surface area contributed by atoms with Gasteiger partial charge in [0.2, 0.25) is 0 Å². The quantitative estimate of drug-likeness (QED) is 0.605. The van der Waals surface area contributed by atoms with Gasteiger partial charge < -0.3 is 10.1 Å². The largest absolute Gasteiger partial charge is 0.494 e. The Labute approximate surface area is 160 Å². The first-order chi connectivity index (χ1) is 12.3. The summed E-state index contributed by atoms with van der Waals surface area (Å²) < 4.78 is 5.80. The first kappa shape index (κ1) is 20.5. The van der Waals surface area contributed by atoms with E-state index < -0.39 is 0 Å². The van der Waals surface area contributed by atoms with E-state index in [9.17, 15) is 0 Å². The number of benzene rings is 2. The van der Waals surface area contributed by atoms with Crippen LogP contribution in [0.5, 0.6) is 5.75 Å². The monoisotopic (exact) mass is 353 g/mol. The van der Waals surface area contributed by atoms with Crippen LogP contribution in [0.2, 0.25) is 0 Å². The van der Waals surface area contributed by atoms with Gasteiger partial charge in [0, 0.05) is 12.6 Å². The van der Waals surface area contributed by atoms with Crippen molar-refractivity contribution in [2.75, 3.05) is 6.61 Å². The van der Waals surface area contributed by atoms with Crippen LogP contribution >= 0.6 is 0 Å².